The highest BCUT2D eigenvalue weighted by atomic mass is 32.2. The topological polar surface area (TPSA) is 29.1 Å². The van der Waals surface area contributed by atoms with Gasteiger partial charge in [-0.3, -0.25) is 4.79 Å². The fourth-order valence-corrected chi connectivity index (χ4v) is 4.90. The van der Waals surface area contributed by atoms with Crippen LogP contribution < -0.4 is 5.32 Å². The van der Waals surface area contributed by atoms with E-state index in [-0.39, 0.29) is 11.3 Å². The molecule has 0 atom stereocenters. The number of thiophene rings is 1. The Morgan fingerprint density at radius 1 is 1.23 bits per heavy atom. The molecule has 3 rings (SSSR count). The number of hydrogen-bond donors (Lipinski definition) is 1. The first-order valence-corrected chi connectivity index (χ1v) is 9.81. The van der Waals surface area contributed by atoms with E-state index in [1.165, 1.54) is 30.6 Å². The maximum Gasteiger partial charge on any atom is 0.252 e. The van der Waals surface area contributed by atoms with Crippen LogP contribution in [-0.2, 0) is 5.41 Å². The Morgan fingerprint density at radius 3 is 2.68 bits per heavy atom. The molecular formula is C18H21NOS2. The summed E-state index contributed by atoms with van der Waals surface area (Å²) in [5.41, 5.74) is 0.937. The molecule has 1 aromatic carbocycles. The molecule has 0 saturated heterocycles. The Kier molecular flexibility index (Phi) is 4.89. The SMILES string of the molecule is CSc1ccccc1C(=O)NCC1(c2cccs2)CCCC1. The van der Waals surface area contributed by atoms with Crippen molar-refractivity contribution in [3.63, 3.8) is 0 Å². The summed E-state index contributed by atoms with van der Waals surface area (Å²) in [5, 5.41) is 5.34. The Bertz CT molecular complexity index is 630. The van der Waals surface area contributed by atoms with Gasteiger partial charge in [-0.15, -0.1) is 23.1 Å². The molecule has 1 saturated carbocycles. The molecule has 1 N–H and O–H groups in total. The fraction of sp³-hybridized carbons (Fsp3) is 0.389. The number of thioether (sulfide) groups is 1. The molecule has 1 aliphatic carbocycles. The zero-order valence-electron chi connectivity index (χ0n) is 12.8. The summed E-state index contributed by atoms with van der Waals surface area (Å²) in [6, 6.07) is 12.2. The summed E-state index contributed by atoms with van der Waals surface area (Å²) in [4.78, 5) is 15.0. The average Bonchev–Trinajstić information content (AvgIpc) is 3.24. The van der Waals surface area contributed by atoms with E-state index >= 15 is 0 Å². The van der Waals surface area contributed by atoms with E-state index in [1.54, 1.807) is 11.8 Å². The lowest BCUT2D eigenvalue weighted by molar-refractivity contribution is 0.0940. The van der Waals surface area contributed by atoms with Crippen LogP contribution >= 0.6 is 23.1 Å². The minimum atomic E-state index is 0.0489. The monoisotopic (exact) mass is 331 g/mol. The molecule has 0 aliphatic heterocycles. The summed E-state index contributed by atoms with van der Waals surface area (Å²) in [6.07, 6.45) is 6.89. The molecule has 1 fully saturated rings. The molecule has 1 aromatic heterocycles. The first kappa shape index (κ1) is 15.6. The predicted molar refractivity (Wildman–Crippen MR) is 95.0 cm³/mol. The van der Waals surface area contributed by atoms with E-state index in [9.17, 15) is 4.79 Å². The van der Waals surface area contributed by atoms with Gasteiger partial charge in [-0.05, 0) is 42.7 Å². The fourth-order valence-electron chi connectivity index (χ4n) is 3.32. The van der Waals surface area contributed by atoms with Crippen molar-refractivity contribution in [2.24, 2.45) is 0 Å². The van der Waals surface area contributed by atoms with Crippen molar-refractivity contribution in [2.75, 3.05) is 12.8 Å². The molecule has 4 heteroatoms. The second kappa shape index (κ2) is 6.88. The van der Waals surface area contributed by atoms with Gasteiger partial charge in [0.2, 0.25) is 0 Å². The van der Waals surface area contributed by atoms with Crippen molar-refractivity contribution in [1.29, 1.82) is 0 Å². The van der Waals surface area contributed by atoms with Gasteiger partial charge in [0.05, 0.1) is 5.56 Å². The molecule has 22 heavy (non-hydrogen) atoms. The number of rotatable bonds is 5. The highest BCUT2D eigenvalue weighted by Gasteiger charge is 2.36. The molecule has 2 aromatic rings. The Labute approximate surface area is 140 Å². The van der Waals surface area contributed by atoms with Crippen LogP contribution in [0.15, 0.2) is 46.7 Å². The van der Waals surface area contributed by atoms with Crippen molar-refractivity contribution in [3.05, 3.63) is 52.2 Å². The zero-order chi connectivity index (χ0) is 15.4. The molecule has 1 amide bonds. The van der Waals surface area contributed by atoms with Gasteiger partial charge in [-0.1, -0.05) is 31.0 Å². The summed E-state index contributed by atoms with van der Waals surface area (Å²) < 4.78 is 0. The Morgan fingerprint density at radius 2 is 2.00 bits per heavy atom. The highest BCUT2D eigenvalue weighted by Crippen LogP contribution is 2.42. The quantitative estimate of drug-likeness (QED) is 0.804. The van der Waals surface area contributed by atoms with E-state index in [0.29, 0.717) is 0 Å². The van der Waals surface area contributed by atoms with Crippen molar-refractivity contribution in [1.82, 2.24) is 5.32 Å². The standard InChI is InChI=1S/C18H21NOS2/c1-21-15-8-3-2-7-14(15)17(20)19-13-18(10-4-5-11-18)16-9-6-12-22-16/h2-3,6-9,12H,4-5,10-11,13H2,1H3,(H,19,20). The summed E-state index contributed by atoms with van der Waals surface area (Å²) >= 11 is 3.44. The first-order valence-electron chi connectivity index (χ1n) is 7.70. The summed E-state index contributed by atoms with van der Waals surface area (Å²) in [6.45, 7) is 0.745. The van der Waals surface area contributed by atoms with Gasteiger partial charge in [-0.25, -0.2) is 0 Å². The van der Waals surface area contributed by atoms with Gasteiger partial charge in [-0.2, -0.15) is 0 Å². The molecule has 2 nitrogen and oxygen atoms in total. The van der Waals surface area contributed by atoms with Gasteiger partial charge in [0.25, 0.3) is 5.91 Å². The average molecular weight is 332 g/mol. The molecule has 1 aliphatic rings. The number of carbonyl (C=O) groups is 1. The third-order valence-electron chi connectivity index (χ3n) is 4.54. The van der Waals surface area contributed by atoms with Crippen LogP contribution in [0.1, 0.15) is 40.9 Å². The lowest BCUT2D eigenvalue weighted by Crippen LogP contribution is -2.38. The van der Waals surface area contributed by atoms with Gasteiger partial charge in [0, 0.05) is 21.7 Å². The number of carbonyl (C=O) groups excluding carboxylic acids is 1. The third-order valence-corrected chi connectivity index (χ3v) is 6.46. The van der Waals surface area contributed by atoms with Crippen molar-refractivity contribution >= 4 is 29.0 Å². The third kappa shape index (κ3) is 3.08. The van der Waals surface area contributed by atoms with Crippen LogP contribution in [0.4, 0.5) is 0 Å². The summed E-state index contributed by atoms with van der Waals surface area (Å²) in [5.74, 6) is 0.0489. The van der Waals surface area contributed by atoms with Gasteiger partial charge in [0.1, 0.15) is 0 Å². The van der Waals surface area contributed by atoms with Crippen LogP contribution in [0.25, 0.3) is 0 Å². The lowest BCUT2D eigenvalue weighted by atomic mass is 9.84. The van der Waals surface area contributed by atoms with E-state index in [2.05, 4.69) is 22.8 Å². The minimum Gasteiger partial charge on any atom is -0.351 e. The van der Waals surface area contributed by atoms with E-state index < -0.39 is 0 Å². The van der Waals surface area contributed by atoms with E-state index in [4.69, 9.17) is 0 Å². The molecule has 1 heterocycles. The predicted octanol–water partition coefficient (Wildman–Crippen LogP) is 4.71. The van der Waals surface area contributed by atoms with Crippen molar-refractivity contribution in [3.8, 4) is 0 Å². The van der Waals surface area contributed by atoms with Crippen molar-refractivity contribution in [2.45, 2.75) is 36.0 Å². The Hall–Kier alpha value is -1.26. The Balaban J connectivity index is 1.74. The van der Waals surface area contributed by atoms with Crippen LogP contribution in [0.5, 0.6) is 0 Å². The number of nitrogens with one attached hydrogen (secondary N) is 1. The molecular weight excluding hydrogens is 310 g/mol. The second-order valence-corrected chi connectivity index (χ2v) is 7.64. The van der Waals surface area contributed by atoms with Gasteiger partial charge < -0.3 is 5.32 Å². The zero-order valence-corrected chi connectivity index (χ0v) is 14.4. The van der Waals surface area contributed by atoms with Gasteiger partial charge in [0.15, 0.2) is 0 Å². The summed E-state index contributed by atoms with van der Waals surface area (Å²) in [7, 11) is 0. The van der Waals surface area contributed by atoms with E-state index in [0.717, 1.165) is 17.0 Å². The number of hydrogen-bond acceptors (Lipinski definition) is 3. The number of benzene rings is 1. The van der Waals surface area contributed by atoms with Gasteiger partial charge >= 0.3 is 0 Å². The van der Waals surface area contributed by atoms with E-state index in [1.807, 2.05) is 41.9 Å². The van der Waals surface area contributed by atoms with Crippen LogP contribution in [0.3, 0.4) is 0 Å². The second-order valence-electron chi connectivity index (χ2n) is 5.85. The normalized spacial score (nSPS) is 16.6. The molecule has 0 radical (unpaired) electrons. The lowest BCUT2D eigenvalue weighted by Gasteiger charge is -2.28. The molecule has 116 valence electrons. The maximum absolute atomic E-state index is 12.6. The molecule has 0 spiro atoms. The largest absolute Gasteiger partial charge is 0.351 e. The smallest absolute Gasteiger partial charge is 0.252 e. The van der Waals surface area contributed by atoms with Crippen LogP contribution in [0, 0.1) is 0 Å². The minimum absolute atomic E-state index is 0.0489. The van der Waals surface area contributed by atoms with Crippen molar-refractivity contribution < 1.29 is 4.79 Å². The first-order chi connectivity index (χ1) is 10.7. The number of amides is 1. The highest BCUT2D eigenvalue weighted by molar-refractivity contribution is 7.98. The van der Waals surface area contributed by atoms with Crippen LogP contribution in [-0.4, -0.2) is 18.7 Å². The maximum atomic E-state index is 12.6. The molecule has 0 unspecified atom stereocenters. The molecule has 0 bridgehead atoms. The van der Waals surface area contributed by atoms with Crippen LogP contribution in [0.2, 0.25) is 0 Å².